The van der Waals surface area contributed by atoms with Crippen LogP contribution < -0.4 is 9.47 Å². The number of benzene rings is 2. The lowest BCUT2D eigenvalue weighted by molar-refractivity contribution is -0.136. The quantitative estimate of drug-likeness (QED) is 0.520. The Kier molecular flexibility index (Phi) is 5.34. The summed E-state index contributed by atoms with van der Waals surface area (Å²) in [6.45, 7) is 8.39. The number of hydrogen-bond acceptors (Lipinski definition) is 4. The molecule has 2 heterocycles. The van der Waals surface area contributed by atoms with Crippen molar-refractivity contribution in [1.29, 1.82) is 0 Å². The number of hydrogen-bond donors (Lipinski definition) is 1. The molecule has 0 amide bonds. The van der Waals surface area contributed by atoms with Crippen molar-refractivity contribution in [3.8, 4) is 11.5 Å². The molecule has 0 saturated carbocycles. The molecule has 5 nitrogen and oxygen atoms in total. The summed E-state index contributed by atoms with van der Waals surface area (Å²) in [6.07, 6.45) is 2.89. The molecule has 176 valence electrons. The highest BCUT2D eigenvalue weighted by molar-refractivity contribution is 6.04. The minimum atomic E-state index is -0.948. The van der Waals surface area contributed by atoms with Crippen LogP contribution in [0.25, 0.3) is 16.5 Å². The summed E-state index contributed by atoms with van der Waals surface area (Å²) < 4.78 is 27.9. The van der Waals surface area contributed by atoms with E-state index in [1.165, 1.54) is 6.07 Å². The standard InChI is InChI=1S/C28H28FNO4/c1-15-12-17-6-5-7-19(29)23(17)25(18(15)13-22(31)32)26-21(34-28(2,3)4)14-20-24-16(9-11-33-20)8-10-30-27(24)26/h5-8,10,14-15H,9,11-13H2,1-4H3,(H,31,32). The Hall–Kier alpha value is -3.41. The summed E-state index contributed by atoms with van der Waals surface area (Å²) in [5.74, 6) is -0.199. The van der Waals surface area contributed by atoms with E-state index in [1.54, 1.807) is 12.3 Å². The van der Waals surface area contributed by atoms with E-state index in [0.717, 1.165) is 22.9 Å². The first kappa shape index (κ1) is 22.4. The van der Waals surface area contributed by atoms with Crippen LogP contribution in [0, 0.1) is 11.7 Å². The van der Waals surface area contributed by atoms with Gasteiger partial charge in [-0.25, -0.2) is 4.39 Å². The summed E-state index contributed by atoms with van der Waals surface area (Å²) in [5, 5.41) is 10.7. The van der Waals surface area contributed by atoms with E-state index in [2.05, 4.69) is 0 Å². The number of halogens is 1. The highest BCUT2D eigenvalue weighted by Gasteiger charge is 2.34. The van der Waals surface area contributed by atoms with E-state index < -0.39 is 11.6 Å². The Morgan fingerprint density at radius 1 is 1.24 bits per heavy atom. The van der Waals surface area contributed by atoms with Gasteiger partial charge in [-0.3, -0.25) is 9.78 Å². The van der Waals surface area contributed by atoms with Gasteiger partial charge in [0.1, 0.15) is 22.9 Å². The molecular weight excluding hydrogens is 433 g/mol. The first-order valence-corrected chi connectivity index (χ1v) is 11.6. The molecule has 1 aliphatic carbocycles. The van der Waals surface area contributed by atoms with Gasteiger partial charge in [0.2, 0.25) is 0 Å². The fourth-order valence-electron chi connectivity index (χ4n) is 5.18. The minimum absolute atomic E-state index is 0.0787. The molecule has 0 radical (unpaired) electrons. The van der Waals surface area contributed by atoms with Crippen molar-refractivity contribution in [1.82, 2.24) is 4.98 Å². The zero-order valence-electron chi connectivity index (χ0n) is 19.9. The van der Waals surface area contributed by atoms with Crippen molar-refractivity contribution in [2.24, 2.45) is 5.92 Å². The Bertz CT molecular complexity index is 1350. The third-order valence-electron chi connectivity index (χ3n) is 6.46. The molecule has 6 heteroatoms. The number of aliphatic carboxylic acids is 1. The number of nitrogens with zero attached hydrogens (tertiary/aromatic N) is 1. The molecule has 34 heavy (non-hydrogen) atoms. The average molecular weight is 462 g/mol. The van der Waals surface area contributed by atoms with Crippen LogP contribution in [0.2, 0.25) is 0 Å². The third kappa shape index (κ3) is 3.81. The van der Waals surface area contributed by atoms with E-state index in [1.807, 2.05) is 45.9 Å². The molecular formula is C28H28FNO4. The van der Waals surface area contributed by atoms with Crippen LogP contribution >= 0.6 is 0 Å². The lowest BCUT2D eigenvalue weighted by atomic mass is 9.75. The Morgan fingerprint density at radius 3 is 2.76 bits per heavy atom. The molecule has 0 spiro atoms. The van der Waals surface area contributed by atoms with Crippen LogP contribution in [0.5, 0.6) is 11.5 Å². The van der Waals surface area contributed by atoms with Gasteiger partial charge in [-0.2, -0.15) is 0 Å². The monoisotopic (exact) mass is 461 g/mol. The number of carboxylic acid groups (broad SMARTS) is 1. The molecule has 1 aromatic heterocycles. The molecule has 1 unspecified atom stereocenters. The summed E-state index contributed by atoms with van der Waals surface area (Å²) in [7, 11) is 0. The fourth-order valence-corrected chi connectivity index (χ4v) is 5.18. The van der Waals surface area contributed by atoms with Gasteiger partial charge < -0.3 is 14.6 Å². The van der Waals surface area contributed by atoms with Gasteiger partial charge in [-0.1, -0.05) is 19.1 Å². The Morgan fingerprint density at radius 2 is 2.03 bits per heavy atom. The number of aromatic nitrogens is 1. The highest BCUT2D eigenvalue weighted by Crippen LogP contribution is 2.49. The Labute approximate surface area is 198 Å². The minimum Gasteiger partial charge on any atom is -0.492 e. The van der Waals surface area contributed by atoms with E-state index >= 15 is 4.39 Å². The van der Waals surface area contributed by atoms with Crippen LogP contribution in [-0.2, 0) is 17.6 Å². The number of pyridine rings is 1. The van der Waals surface area contributed by atoms with Crippen molar-refractivity contribution < 1.29 is 23.8 Å². The fraction of sp³-hybridized carbons (Fsp3) is 0.357. The molecule has 0 fully saturated rings. The Balaban J connectivity index is 1.95. The zero-order chi connectivity index (χ0) is 24.2. The molecule has 0 saturated heterocycles. The molecule has 1 aliphatic heterocycles. The van der Waals surface area contributed by atoms with E-state index in [0.29, 0.717) is 52.3 Å². The molecule has 0 bridgehead atoms. The van der Waals surface area contributed by atoms with Gasteiger partial charge in [-0.05, 0) is 67.5 Å². The van der Waals surface area contributed by atoms with Crippen LogP contribution in [0.1, 0.15) is 56.4 Å². The van der Waals surface area contributed by atoms with Gasteiger partial charge in [0.05, 0.1) is 24.1 Å². The maximum atomic E-state index is 15.5. The predicted octanol–water partition coefficient (Wildman–Crippen LogP) is 5.95. The smallest absolute Gasteiger partial charge is 0.307 e. The molecule has 2 aromatic carbocycles. The molecule has 1 N–H and O–H groups in total. The van der Waals surface area contributed by atoms with Crippen molar-refractivity contribution >= 4 is 22.4 Å². The SMILES string of the molecule is CC1Cc2cccc(F)c2C(c2c(OC(C)(C)C)cc3c4c(ccnc24)CCO3)=C1CC(=O)O. The van der Waals surface area contributed by atoms with E-state index in [4.69, 9.17) is 14.5 Å². The second kappa shape index (κ2) is 8.12. The van der Waals surface area contributed by atoms with Gasteiger partial charge in [0.25, 0.3) is 0 Å². The van der Waals surface area contributed by atoms with E-state index in [-0.39, 0.29) is 18.2 Å². The molecule has 5 rings (SSSR count). The van der Waals surface area contributed by atoms with Crippen molar-refractivity contribution in [3.05, 3.63) is 70.2 Å². The maximum Gasteiger partial charge on any atom is 0.307 e. The molecule has 3 aromatic rings. The van der Waals surface area contributed by atoms with Gasteiger partial charge in [0.15, 0.2) is 0 Å². The normalized spacial score (nSPS) is 17.4. The van der Waals surface area contributed by atoms with E-state index in [9.17, 15) is 9.90 Å². The van der Waals surface area contributed by atoms with Crippen LogP contribution in [0.4, 0.5) is 4.39 Å². The van der Waals surface area contributed by atoms with Crippen LogP contribution in [-0.4, -0.2) is 28.3 Å². The molecule has 1 atom stereocenters. The van der Waals surface area contributed by atoms with Gasteiger partial charge in [-0.15, -0.1) is 0 Å². The second-order valence-corrected chi connectivity index (χ2v) is 10.1. The predicted molar refractivity (Wildman–Crippen MR) is 129 cm³/mol. The van der Waals surface area contributed by atoms with Crippen LogP contribution in [0.15, 0.2) is 42.1 Å². The topological polar surface area (TPSA) is 68.7 Å². The summed E-state index contributed by atoms with van der Waals surface area (Å²) in [5.41, 5.74) is 4.40. The molecule has 2 aliphatic rings. The first-order chi connectivity index (χ1) is 16.1. The number of ether oxygens (including phenoxy) is 2. The zero-order valence-corrected chi connectivity index (χ0v) is 19.9. The number of rotatable bonds is 4. The second-order valence-electron chi connectivity index (χ2n) is 10.1. The van der Waals surface area contributed by atoms with Gasteiger partial charge >= 0.3 is 5.97 Å². The summed E-state index contributed by atoms with van der Waals surface area (Å²) in [4.78, 5) is 16.7. The van der Waals surface area contributed by atoms with Crippen molar-refractivity contribution in [2.75, 3.05) is 6.61 Å². The maximum absolute atomic E-state index is 15.5. The number of fused-ring (bicyclic) bond motifs is 1. The largest absolute Gasteiger partial charge is 0.492 e. The number of carboxylic acids is 1. The van der Waals surface area contributed by atoms with Crippen molar-refractivity contribution in [3.63, 3.8) is 0 Å². The highest BCUT2D eigenvalue weighted by atomic mass is 19.1. The average Bonchev–Trinajstić information content (AvgIpc) is 2.74. The lowest BCUT2D eigenvalue weighted by Gasteiger charge is -2.32. The first-order valence-electron chi connectivity index (χ1n) is 11.6. The summed E-state index contributed by atoms with van der Waals surface area (Å²) >= 11 is 0. The summed E-state index contributed by atoms with van der Waals surface area (Å²) in [6, 6.07) is 8.89. The third-order valence-corrected chi connectivity index (χ3v) is 6.46. The number of carbonyl (C=O) groups is 1. The lowest BCUT2D eigenvalue weighted by Crippen LogP contribution is -2.25. The van der Waals surface area contributed by atoms with Crippen LogP contribution in [0.3, 0.4) is 0 Å². The van der Waals surface area contributed by atoms with Crippen molar-refractivity contribution in [2.45, 2.75) is 52.6 Å². The van der Waals surface area contributed by atoms with Gasteiger partial charge in [0, 0.05) is 29.6 Å².